The number of ether oxygens (including phenoxy) is 1. The Morgan fingerprint density at radius 3 is 2.53 bits per heavy atom. The second-order valence-electron chi connectivity index (χ2n) is 11.2. The maximum absolute atomic E-state index is 12.9. The molecule has 2 N–H and O–H groups in total. The lowest BCUT2D eigenvalue weighted by molar-refractivity contribution is -0.128. The number of aromatic nitrogens is 2. The van der Waals surface area contributed by atoms with Gasteiger partial charge in [-0.2, -0.15) is 0 Å². The van der Waals surface area contributed by atoms with E-state index in [0.29, 0.717) is 51.2 Å². The van der Waals surface area contributed by atoms with E-state index in [-0.39, 0.29) is 18.4 Å². The minimum atomic E-state index is -0.510. The van der Waals surface area contributed by atoms with E-state index >= 15 is 0 Å². The maximum Gasteiger partial charge on any atom is 0.340 e. The zero-order chi connectivity index (χ0) is 27.4. The summed E-state index contributed by atoms with van der Waals surface area (Å²) in [6, 6.07) is 7.37. The summed E-state index contributed by atoms with van der Waals surface area (Å²) in [6.45, 7) is 9.86. The van der Waals surface area contributed by atoms with Crippen molar-refractivity contribution in [1.29, 1.82) is 0 Å². The number of benzene rings is 2. The van der Waals surface area contributed by atoms with Crippen LogP contribution in [0.1, 0.15) is 50.0 Å². The number of carbonyl (C=O) groups excluding carboxylic acids is 2. The van der Waals surface area contributed by atoms with Gasteiger partial charge in [-0.15, -0.1) is 0 Å². The first-order chi connectivity index (χ1) is 18.0. The van der Waals surface area contributed by atoms with E-state index in [1.807, 2.05) is 38.5 Å². The SMILES string of the molecule is CCOC(=O)c1cc2nc(Nc3c(Cl)ccc(CNC(=O)C(C)(C)C)c3Cl)n(C)c2cc1N1CC2CC2C1. The Kier molecular flexibility index (Phi) is 6.99. The van der Waals surface area contributed by atoms with Crippen molar-refractivity contribution in [2.45, 2.75) is 40.7 Å². The van der Waals surface area contributed by atoms with Crippen LogP contribution in [0, 0.1) is 17.3 Å². The van der Waals surface area contributed by atoms with E-state index < -0.39 is 5.41 Å². The molecule has 202 valence electrons. The Hall–Kier alpha value is -2.97. The fourth-order valence-corrected chi connectivity index (χ4v) is 5.50. The van der Waals surface area contributed by atoms with Gasteiger partial charge < -0.3 is 24.8 Å². The number of carbonyl (C=O) groups is 2. The first-order valence-electron chi connectivity index (χ1n) is 12.9. The van der Waals surface area contributed by atoms with Crippen LogP contribution in [-0.4, -0.2) is 41.1 Å². The second-order valence-corrected chi connectivity index (χ2v) is 12.0. The van der Waals surface area contributed by atoms with Crippen LogP contribution in [0.15, 0.2) is 24.3 Å². The summed E-state index contributed by atoms with van der Waals surface area (Å²) in [5, 5.41) is 7.04. The van der Waals surface area contributed by atoms with Crippen molar-refractivity contribution in [3.8, 4) is 0 Å². The van der Waals surface area contributed by atoms with Crippen molar-refractivity contribution in [1.82, 2.24) is 14.9 Å². The number of rotatable bonds is 7. The van der Waals surface area contributed by atoms with Crippen LogP contribution in [0.25, 0.3) is 11.0 Å². The summed E-state index contributed by atoms with van der Waals surface area (Å²) in [4.78, 5) is 32.3. The molecular weight excluding hydrogens is 525 g/mol. The topological polar surface area (TPSA) is 88.5 Å². The number of piperidine rings is 1. The van der Waals surface area contributed by atoms with Crippen LogP contribution in [0.3, 0.4) is 0 Å². The highest BCUT2D eigenvalue weighted by Crippen LogP contribution is 2.47. The Labute approximate surface area is 232 Å². The summed E-state index contributed by atoms with van der Waals surface area (Å²) in [5.41, 5.74) is 3.66. The largest absolute Gasteiger partial charge is 0.462 e. The van der Waals surface area contributed by atoms with Crippen LogP contribution in [-0.2, 0) is 23.1 Å². The molecule has 2 atom stereocenters. The lowest BCUT2D eigenvalue weighted by Crippen LogP contribution is -2.34. The Morgan fingerprint density at radius 2 is 1.87 bits per heavy atom. The van der Waals surface area contributed by atoms with Crippen molar-refractivity contribution in [2.24, 2.45) is 24.3 Å². The third kappa shape index (κ3) is 5.04. The Morgan fingerprint density at radius 1 is 1.16 bits per heavy atom. The number of fused-ring (bicyclic) bond motifs is 2. The molecule has 2 aliphatic rings. The molecule has 3 aromatic rings. The van der Waals surface area contributed by atoms with Gasteiger partial charge in [0.05, 0.1) is 44.6 Å². The smallest absolute Gasteiger partial charge is 0.340 e. The van der Waals surface area contributed by atoms with Gasteiger partial charge in [0, 0.05) is 32.1 Å². The molecule has 0 radical (unpaired) electrons. The van der Waals surface area contributed by atoms with Gasteiger partial charge in [0.1, 0.15) is 0 Å². The molecule has 2 fully saturated rings. The predicted octanol–water partition coefficient (Wildman–Crippen LogP) is 5.92. The van der Waals surface area contributed by atoms with Gasteiger partial charge in [0.2, 0.25) is 11.9 Å². The van der Waals surface area contributed by atoms with Crippen LogP contribution in [0.2, 0.25) is 10.0 Å². The van der Waals surface area contributed by atoms with Crippen molar-refractivity contribution in [3.63, 3.8) is 0 Å². The van der Waals surface area contributed by atoms with E-state index in [4.69, 9.17) is 32.9 Å². The zero-order valence-electron chi connectivity index (χ0n) is 22.3. The monoisotopic (exact) mass is 557 g/mol. The van der Waals surface area contributed by atoms with E-state index in [9.17, 15) is 9.59 Å². The number of esters is 1. The molecule has 8 nitrogen and oxygen atoms in total. The normalized spacial score (nSPS) is 18.4. The lowest BCUT2D eigenvalue weighted by atomic mass is 9.95. The van der Waals surface area contributed by atoms with Gasteiger partial charge in [-0.1, -0.05) is 50.0 Å². The molecule has 1 saturated carbocycles. The first-order valence-corrected chi connectivity index (χ1v) is 13.7. The fourth-order valence-electron chi connectivity index (χ4n) is 4.97. The highest BCUT2D eigenvalue weighted by molar-refractivity contribution is 6.39. The molecule has 0 spiro atoms. The molecular formula is C28H33Cl2N5O3. The van der Waals surface area contributed by atoms with Crippen molar-refractivity contribution < 1.29 is 14.3 Å². The molecule has 10 heteroatoms. The second kappa shape index (κ2) is 9.97. The molecule has 2 unspecified atom stereocenters. The Balaban J connectivity index is 1.47. The number of imidazole rings is 1. The minimum Gasteiger partial charge on any atom is -0.462 e. The quantitative estimate of drug-likeness (QED) is 0.350. The van der Waals surface area contributed by atoms with Crippen LogP contribution in [0.5, 0.6) is 0 Å². The average molecular weight is 559 g/mol. The predicted molar refractivity (Wildman–Crippen MR) is 152 cm³/mol. The lowest BCUT2D eigenvalue weighted by Gasteiger charge is -2.23. The van der Waals surface area contributed by atoms with Crippen molar-refractivity contribution >= 4 is 63.4 Å². The highest BCUT2D eigenvalue weighted by atomic mass is 35.5. The third-order valence-corrected chi connectivity index (χ3v) is 8.09. The molecule has 1 aliphatic heterocycles. The van der Waals surface area contributed by atoms with Crippen molar-refractivity contribution in [2.75, 3.05) is 29.9 Å². The van der Waals surface area contributed by atoms with Crippen LogP contribution in [0.4, 0.5) is 17.3 Å². The third-order valence-electron chi connectivity index (χ3n) is 7.34. The minimum absolute atomic E-state index is 0.0723. The van der Waals surface area contributed by atoms with Gasteiger partial charge in [-0.05, 0) is 48.9 Å². The summed E-state index contributed by atoms with van der Waals surface area (Å²) < 4.78 is 7.29. The summed E-state index contributed by atoms with van der Waals surface area (Å²) in [7, 11) is 1.90. The van der Waals surface area contributed by atoms with Gasteiger partial charge in [-0.3, -0.25) is 4.79 Å². The zero-order valence-corrected chi connectivity index (χ0v) is 23.8. The molecule has 1 aromatic heterocycles. The molecule has 0 bridgehead atoms. The number of nitrogens with zero attached hydrogens (tertiary/aromatic N) is 3. The summed E-state index contributed by atoms with van der Waals surface area (Å²) in [5.74, 6) is 1.54. The van der Waals surface area contributed by atoms with Gasteiger partial charge in [0.25, 0.3) is 0 Å². The summed E-state index contributed by atoms with van der Waals surface area (Å²) in [6.07, 6.45) is 1.27. The number of hydrogen-bond acceptors (Lipinski definition) is 6. The van der Waals surface area contributed by atoms with Gasteiger partial charge >= 0.3 is 5.97 Å². The van der Waals surface area contributed by atoms with Crippen LogP contribution < -0.4 is 15.5 Å². The van der Waals surface area contributed by atoms with Gasteiger partial charge in [0.15, 0.2) is 0 Å². The van der Waals surface area contributed by atoms with Crippen molar-refractivity contribution in [3.05, 3.63) is 45.4 Å². The Bertz CT molecular complexity index is 1420. The fraction of sp³-hybridized carbons (Fsp3) is 0.464. The van der Waals surface area contributed by atoms with Crippen LogP contribution >= 0.6 is 23.2 Å². The number of halogens is 2. The first kappa shape index (κ1) is 26.6. The van der Waals surface area contributed by atoms with Gasteiger partial charge in [-0.25, -0.2) is 9.78 Å². The van der Waals surface area contributed by atoms with E-state index in [1.165, 1.54) is 6.42 Å². The standard InChI is InChI=1S/C28H33Cl2N5O3/c1-6-38-25(36)18-10-20-22(11-21(18)35-13-16-9-17(16)14-35)34(5)27(32-20)33-24-19(29)8-7-15(23(24)30)12-31-26(37)28(2,3)4/h7-8,10-11,16-17H,6,9,12-14H2,1-5H3,(H,31,37)(H,32,33). The molecule has 2 heterocycles. The van der Waals surface area contributed by atoms with E-state index in [2.05, 4.69) is 15.5 Å². The van der Waals surface area contributed by atoms with E-state index in [1.54, 1.807) is 25.1 Å². The highest BCUT2D eigenvalue weighted by Gasteiger charge is 2.45. The molecule has 2 aromatic carbocycles. The number of amides is 1. The molecule has 1 saturated heterocycles. The number of aryl methyl sites for hydroxylation is 1. The molecule has 1 aliphatic carbocycles. The summed E-state index contributed by atoms with van der Waals surface area (Å²) >= 11 is 13.3. The number of nitrogens with one attached hydrogen (secondary N) is 2. The molecule has 38 heavy (non-hydrogen) atoms. The number of hydrogen-bond donors (Lipinski definition) is 2. The number of anilines is 3. The average Bonchev–Trinajstić information content (AvgIpc) is 3.35. The molecule has 5 rings (SSSR count). The molecule has 1 amide bonds. The van der Waals surface area contributed by atoms with E-state index in [0.717, 1.165) is 29.9 Å². The maximum atomic E-state index is 12.9.